The highest BCUT2D eigenvalue weighted by Gasteiger charge is 2.31. The summed E-state index contributed by atoms with van der Waals surface area (Å²) in [4.78, 5) is 4.24. The van der Waals surface area contributed by atoms with Crippen LogP contribution in [0.1, 0.15) is 30.1 Å². The largest absolute Gasteiger partial charge is 0.416 e. The molecule has 1 aromatic heterocycles. The zero-order chi connectivity index (χ0) is 19.2. The van der Waals surface area contributed by atoms with Gasteiger partial charge in [-0.2, -0.15) is 18.3 Å². The molecule has 1 saturated heterocycles. The summed E-state index contributed by atoms with van der Waals surface area (Å²) in [6, 6.07) is 5.55. The van der Waals surface area contributed by atoms with Crippen molar-refractivity contribution in [2.75, 3.05) is 31.1 Å². The van der Waals surface area contributed by atoms with Crippen molar-refractivity contribution < 1.29 is 13.2 Å². The minimum absolute atomic E-state index is 0.538. The van der Waals surface area contributed by atoms with Gasteiger partial charge in [0, 0.05) is 44.8 Å². The Morgan fingerprint density at radius 2 is 1.85 bits per heavy atom. The van der Waals surface area contributed by atoms with E-state index in [1.807, 2.05) is 21.2 Å². The van der Waals surface area contributed by atoms with E-state index in [-0.39, 0.29) is 0 Å². The van der Waals surface area contributed by atoms with Crippen molar-refractivity contribution in [1.29, 1.82) is 0 Å². The van der Waals surface area contributed by atoms with E-state index in [0.29, 0.717) is 31.4 Å². The van der Waals surface area contributed by atoms with Crippen LogP contribution in [0.4, 0.5) is 18.9 Å². The van der Waals surface area contributed by atoms with E-state index in [2.05, 4.69) is 10.00 Å². The molecule has 146 valence electrons. The van der Waals surface area contributed by atoms with E-state index in [0.717, 1.165) is 29.8 Å². The molecule has 0 bridgehead atoms. The average molecular weight is 397 g/mol. The Hall–Kier alpha value is -1.87. The van der Waals surface area contributed by atoms with Crippen LogP contribution in [0.15, 0.2) is 24.3 Å². The molecule has 1 aliphatic heterocycles. The number of hydrogen-bond acceptors (Lipinski definition) is 4. The fourth-order valence-electron chi connectivity index (χ4n) is 3.51. The number of nitrogens with zero attached hydrogens (tertiary/aromatic N) is 5. The molecule has 1 saturated carbocycles. The minimum atomic E-state index is -4.31. The lowest BCUT2D eigenvalue weighted by molar-refractivity contribution is -0.137. The Kier molecular flexibility index (Phi) is 4.75. The number of aromatic nitrogens is 3. The second-order valence-electron chi connectivity index (χ2n) is 7.27. The molecule has 2 aliphatic rings. The van der Waals surface area contributed by atoms with Gasteiger partial charge >= 0.3 is 6.18 Å². The van der Waals surface area contributed by atoms with Gasteiger partial charge in [0.2, 0.25) is 0 Å². The van der Waals surface area contributed by atoms with Gasteiger partial charge in [-0.05, 0) is 43.3 Å². The number of alkyl halides is 3. The first-order valence-corrected chi connectivity index (χ1v) is 9.52. The van der Waals surface area contributed by atoms with Crippen molar-refractivity contribution in [3.8, 4) is 0 Å². The predicted octanol–water partition coefficient (Wildman–Crippen LogP) is 3.63. The van der Waals surface area contributed by atoms with Crippen LogP contribution >= 0.6 is 12.2 Å². The first-order valence-electron chi connectivity index (χ1n) is 9.11. The van der Waals surface area contributed by atoms with Crippen LogP contribution < -0.4 is 4.90 Å². The highest BCUT2D eigenvalue weighted by molar-refractivity contribution is 7.71. The molecule has 0 amide bonds. The van der Waals surface area contributed by atoms with E-state index in [1.54, 1.807) is 6.07 Å². The van der Waals surface area contributed by atoms with Gasteiger partial charge < -0.3 is 9.47 Å². The third-order valence-corrected chi connectivity index (χ3v) is 5.75. The van der Waals surface area contributed by atoms with Crippen LogP contribution in [0.5, 0.6) is 0 Å². The Balaban J connectivity index is 1.40. The van der Waals surface area contributed by atoms with Gasteiger partial charge in [0.05, 0.1) is 12.2 Å². The second-order valence-corrected chi connectivity index (χ2v) is 7.63. The van der Waals surface area contributed by atoms with Crippen LogP contribution in [-0.4, -0.2) is 45.4 Å². The molecule has 0 radical (unpaired) electrons. The Morgan fingerprint density at radius 1 is 1.15 bits per heavy atom. The fraction of sp³-hybridized carbons (Fsp3) is 0.556. The maximum Gasteiger partial charge on any atom is 0.416 e. The lowest BCUT2D eigenvalue weighted by Gasteiger charge is -2.36. The Bertz CT molecular complexity index is 876. The maximum atomic E-state index is 12.9. The molecule has 0 unspecified atom stereocenters. The molecule has 0 atom stereocenters. The van der Waals surface area contributed by atoms with Gasteiger partial charge in [-0.1, -0.05) is 6.07 Å². The first-order chi connectivity index (χ1) is 12.8. The number of halogens is 3. The van der Waals surface area contributed by atoms with Crippen molar-refractivity contribution in [2.45, 2.75) is 31.6 Å². The highest BCUT2D eigenvalue weighted by atomic mass is 32.1. The van der Waals surface area contributed by atoms with Crippen molar-refractivity contribution in [2.24, 2.45) is 7.05 Å². The van der Waals surface area contributed by atoms with Gasteiger partial charge in [-0.3, -0.25) is 4.90 Å². The van der Waals surface area contributed by atoms with Crippen LogP contribution in [0.3, 0.4) is 0 Å². The summed E-state index contributed by atoms with van der Waals surface area (Å²) >= 11 is 5.50. The standard InChI is InChI=1S/C18H22F3N5S/c1-23-16(13-5-6-13)22-26(17(23)27)12-24-7-9-25(10-8-24)15-4-2-3-14(11-15)18(19,20)21/h2-4,11,13H,5-10,12H2,1H3. The molecule has 1 aliphatic carbocycles. The van der Waals surface area contributed by atoms with E-state index >= 15 is 0 Å². The molecule has 2 heterocycles. The lowest BCUT2D eigenvalue weighted by Crippen LogP contribution is -2.47. The number of anilines is 1. The quantitative estimate of drug-likeness (QED) is 0.737. The maximum absolute atomic E-state index is 12.9. The molecule has 9 heteroatoms. The van der Waals surface area contributed by atoms with Gasteiger partial charge in [-0.25, -0.2) is 4.68 Å². The van der Waals surface area contributed by atoms with E-state index < -0.39 is 11.7 Å². The summed E-state index contributed by atoms with van der Waals surface area (Å²) in [7, 11) is 1.96. The van der Waals surface area contributed by atoms with Gasteiger partial charge in [-0.15, -0.1) is 0 Å². The van der Waals surface area contributed by atoms with Crippen molar-refractivity contribution >= 4 is 17.9 Å². The van der Waals surface area contributed by atoms with E-state index in [4.69, 9.17) is 12.2 Å². The van der Waals surface area contributed by atoms with E-state index in [9.17, 15) is 13.2 Å². The van der Waals surface area contributed by atoms with Crippen molar-refractivity contribution in [3.63, 3.8) is 0 Å². The average Bonchev–Trinajstić information content (AvgIpc) is 3.45. The summed E-state index contributed by atoms with van der Waals surface area (Å²) in [6.07, 6.45) is -1.96. The predicted molar refractivity (Wildman–Crippen MR) is 99.2 cm³/mol. The summed E-state index contributed by atoms with van der Waals surface area (Å²) < 4.78 is 43.3. The third-order valence-electron chi connectivity index (χ3n) is 5.26. The first kappa shape index (κ1) is 18.5. The van der Waals surface area contributed by atoms with Crippen LogP contribution in [-0.2, 0) is 19.9 Å². The summed E-state index contributed by atoms with van der Waals surface area (Å²) in [5, 5.41) is 4.68. The number of piperazine rings is 1. The summed E-state index contributed by atoms with van der Waals surface area (Å²) in [6.45, 7) is 3.49. The molecular formula is C18H22F3N5S. The van der Waals surface area contributed by atoms with Crippen LogP contribution in [0, 0.1) is 4.77 Å². The highest BCUT2D eigenvalue weighted by Crippen LogP contribution is 2.38. The normalized spacial score (nSPS) is 18.9. The van der Waals surface area contributed by atoms with Crippen molar-refractivity contribution in [3.05, 3.63) is 40.4 Å². The van der Waals surface area contributed by atoms with Gasteiger partial charge in [0.25, 0.3) is 0 Å². The summed E-state index contributed by atoms with van der Waals surface area (Å²) in [5.74, 6) is 1.60. The van der Waals surface area contributed by atoms with E-state index in [1.165, 1.54) is 25.0 Å². The summed E-state index contributed by atoms with van der Waals surface area (Å²) in [5.41, 5.74) is 0.0183. The molecular weight excluding hydrogens is 375 g/mol. The lowest BCUT2D eigenvalue weighted by atomic mass is 10.1. The Morgan fingerprint density at radius 3 is 2.48 bits per heavy atom. The number of hydrogen-bond donors (Lipinski definition) is 0. The molecule has 1 aromatic carbocycles. The Labute approximate surface area is 161 Å². The number of benzene rings is 1. The topological polar surface area (TPSA) is 29.2 Å². The smallest absolute Gasteiger partial charge is 0.369 e. The zero-order valence-electron chi connectivity index (χ0n) is 15.1. The molecule has 4 rings (SSSR count). The van der Waals surface area contributed by atoms with Crippen molar-refractivity contribution in [1.82, 2.24) is 19.2 Å². The molecule has 27 heavy (non-hydrogen) atoms. The fourth-order valence-corrected chi connectivity index (χ4v) is 3.70. The monoisotopic (exact) mass is 397 g/mol. The van der Waals surface area contributed by atoms with Crippen LogP contribution in [0.2, 0.25) is 0 Å². The zero-order valence-corrected chi connectivity index (χ0v) is 15.9. The molecule has 2 aromatic rings. The molecule has 0 spiro atoms. The second kappa shape index (κ2) is 6.94. The number of rotatable bonds is 4. The third kappa shape index (κ3) is 3.89. The minimum Gasteiger partial charge on any atom is -0.369 e. The molecule has 2 fully saturated rings. The van der Waals surface area contributed by atoms with Gasteiger partial charge in [0.1, 0.15) is 5.82 Å². The SMILES string of the molecule is Cn1c(C2CC2)nn(CN2CCN(c3cccc(C(F)(F)F)c3)CC2)c1=S. The molecule has 5 nitrogen and oxygen atoms in total. The molecule has 0 N–H and O–H groups in total. The van der Waals surface area contributed by atoms with Crippen LogP contribution in [0.25, 0.3) is 0 Å². The van der Waals surface area contributed by atoms with Gasteiger partial charge in [0.15, 0.2) is 4.77 Å².